The molecule has 0 saturated carbocycles. The lowest BCUT2D eigenvalue weighted by molar-refractivity contribution is -0.320. The number of aliphatic hydroxyl groups excluding tert-OH is 8. The van der Waals surface area contributed by atoms with Crippen LogP contribution >= 0.6 is 0 Å². The van der Waals surface area contributed by atoms with Crippen molar-refractivity contribution in [2.45, 2.75) is 17.3 Å². The molecule has 0 saturated heterocycles. The Bertz CT molecular complexity index is 370. The molecule has 0 rings (SSSR count). The van der Waals surface area contributed by atoms with E-state index < -0.39 is 75.3 Å². The Kier molecular flexibility index (Phi) is 9.89. The van der Waals surface area contributed by atoms with Crippen LogP contribution in [0, 0.1) is 5.41 Å². The summed E-state index contributed by atoms with van der Waals surface area (Å²) in [4.78, 5) is 12.7. The second-order valence-corrected chi connectivity index (χ2v) is 5.17. The predicted octanol–water partition coefficient (Wildman–Crippen LogP) is -5.12. The summed E-state index contributed by atoms with van der Waals surface area (Å²) in [5.74, 6) is -1.47. The number of methoxy groups -OCH3 is 1. The number of esters is 1. The molecule has 8 N–H and O–H groups in total. The van der Waals surface area contributed by atoms with E-state index in [1.807, 2.05) is 0 Å². The zero-order chi connectivity index (χ0) is 19.7. The fourth-order valence-electron chi connectivity index (χ4n) is 3.08. The third-order valence-corrected chi connectivity index (χ3v) is 4.32. The van der Waals surface area contributed by atoms with Gasteiger partial charge in [-0.15, -0.1) is 0 Å². The summed E-state index contributed by atoms with van der Waals surface area (Å²) in [6.07, 6.45) is -2.24. The molecule has 12 nitrogen and oxygen atoms in total. The van der Waals surface area contributed by atoms with Gasteiger partial charge in [-0.1, -0.05) is 0 Å². The molecule has 0 aliphatic heterocycles. The summed E-state index contributed by atoms with van der Waals surface area (Å²) < 4.78 is 14.4. The first-order valence-corrected chi connectivity index (χ1v) is 7.14. The molecule has 25 heavy (non-hydrogen) atoms. The average molecular weight is 374 g/mol. The van der Waals surface area contributed by atoms with Gasteiger partial charge in [0.15, 0.2) is 5.41 Å². The number of carbonyl (C=O) groups is 1. The molecule has 0 aromatic rings. The van der Waals surface area contributed by atoms with Crippen molar-refractivity contribution < 1.29 is 59.9 Å². The smallest absolute Gasteiger partial charge is 0.320 e. The first kappa shape index (κ1) is 24.1. The summed E-state index contributed by atoms with van der Waals surface area (Å²) in [6.45, 7) is -8.52. The maximum Gasteiger partial charge on any atom is 0.320 e. The van der Waals surface area contributed by atoms with Gasteiger partial charge in [-0.05, 0) is 0 Å². The van der Waals surface area contributed by atoms with Crippen LogP contribution in [-0.4, -0.2) is 118 Å². The van der Waals surface area contributed by atoms with Crippen LogP contribution in [0.5, 0.6) is 0 Å². The molecule has 0 spiro atoms. The van der Waals surface area contributed by atoms with Gasteiger partial charge in [-0.2, -0.15) is 0 Å². The fraction of sp³-hybridized carbons (Fsp3) is 0.923. The highest BCUT2D eigenvalue weighted by Gasteiger charge is 2.73. The Balaban J connectivity index is 7.07. The summed E-state index contributed by atoms with van der Waals surface area (Å²) in [5, 5.41) is 77.2. The molecule has 0 aliphatic rings. The normalized spacial score (nSPS) is 14.4. The monoisotopic (exact) mass is 374 g/mol. The largest absolute Gasteiger partial charge is 0.468 e. The van der Waals surface area contributed by atoms with Crippen molar-refractivity contribution in [3.05, 3.63) is 0 Å². The van der Waals surface area contributed by atoms with E-state index in [0.29, 0.717) is 0 Å². The van der Waals surface area contributed by atoms with Gasteiger partial charge in [-0.3, -0.25) is 4.79 Å². The van der Waals surface area contributed by atoms with E-state index in [-0.39, 0.29) is 0 Å². The first-order valence-electron chi connectivity index (χ1n) is 7.14. The molecule has 0 amide bonds. The topological polar surface area (TPSA) is 207 Å². The minimum absolute atomic E-state index is 0.845. The lowest BCUT2D eigenvalue weighted by Crippen LogP contribution is -2.78. The van der Waals surface area contributed by atoms with Crippen molar-refractivity contribution in [2.75, 3.05) is 53.7 Å². The number of carbonyl (C=O) groups excluding carboxylic acids is 1. The van der Waals surface area contributed by atoms with Crippen LogP contribution in [0.2, 0.25) is 0 Å². The SMILES string of the molecule is COC(=O)C(C(O)CO)(C(CO)(CO)OCO)C(CO)(CO)OCO. The Morgan fingerprint density at radius 3 is 1.40 bits per heavy atom. The highest BCUT2D eigenvalue weighted by molar-refractivity contribution is 5.81. The fourth-order valence-corrected chi connectivity index (χ4v) is 3.08. The van der Waals surface area contributed by atoms with Crippen LogP contribution in [0.15, 0.2) is 0 Å². The van der Waals surface area contributed by atoms with Gasteiger partial charge >= 0.3 is 5.97 Å². The Hall–Kier alpha value is -0.930. The number of aliphatic hydroxyl groups is 8. The first-order chi connectivity index (χ1) is 11.8. The summed E-state index contributed by atoms with van der Waals surface area (Å²) in [7, 11) is 0.845. The van der Waals surface area contributed by atoms with E-state index >= 15 is 0 Å². The Morgan fingerprint density at radius 1 is 0.840 bits per heavy atom. The molecule has 0 aliphatic carbocycles. The summed E-state index contributed by atoms with van der Waals surface area (Å²) >= 11 is 0. The van der Waals surface area contributed by atoms with Crippen molar-refractivity contribution in [1.82, 2.24) is 0 Å². The second kappa shape index (κ2) is 10.3. The highest BCUT2D eigenvalue weighted by atomic mass is 16.6. The van der Waals surface area contributed by atoms with Crippen LogP contribution in [0.4, 0.5) is 0 Å². The van der Waals surface area contributed by atoms with Crippen LogP contribution in [0.1, 0.15) is 0 Å². The number of hydrogen-bond acceptors (Lipinski definition) is 12. The van der Waals surface area contributed by atoms with Gasteiger partial charge in [-0.25, -0.2) is 0 Å². The van der Waals surface area contributed by atoms with E-state index in [1.54, 1.807) is 0 Å². The van der Waals surface area contributed by atoms with Crippen LogP contribution in [-0.2, 0) is 19.0 Å². The van der Waals surface area contributed by atoms with Crippen LogP contribution in [0.25, 0.3) is 0 Å². The zero-order valence-corrected chi connectivity index (χ0v) is 13.7. The number of hydrogen-bond donors (Lipinski definition) is 8. The quantitative estimate of drug-likeness (QED) is 0.112. The third kappa shape index (κ3) is 3.64. The van der Waals surface area contributed by atoms with E-state index in [2.05, 4.69) is 4.74 Å². The van der Waals surface area contributed by atoms with Gasteiger partial charge < -0.3 is 55.1 Å². The Labute approximate surface area is 143 Å². The molecule has 0 bridgehead atoms. The van der Waals surface area contributed by atoms with Gasteiger partial charge in [0, 0.05) is 0 Å². The molecule has 0 heterocycles. The van der Waals surface area contributed by atoms with Gasteiger partial charge in [0.1, 0.15) is 24.8 Å². The third-order valence-electron chi connectivity index (χ3n) is 4.32. The molecule has 0 radical (unpaired) electrons. The molecule has 0 aromatic heterocycles. The predicted molar refractivity (Wildman–Crippen MR) is 77.7 cm³/mol. The summed E-state index contributed by atoms with van der Waals surface area (Å²) in [6, 6.07) is 0. The van der Waals surface area contributed by atoms with Crippen LogP contribution in [0.3, 0.4) is 0 Å². The standard InChI is InChI=1S/C13H26O12/c1-23-10(22)13(9(21)2-14,11(3-15,4-16)24-7-19)12(5-17,6-18)25-8-20/h9,14-21H,2-8H2,1H3. The van der Waals surface area contributed by atoms with Crippen molar-refractivity contribution in [1.29, 1.82) is 0 Å². The molecular weight excluding hydrogens is 348 g/mol. The van der Waals surface area contributed by atoms with E-state index in [0.717, 1.165) is 7.11 Å². The highest BCUT2D eigenvalue weighted by Crippen LogP contribution is 2.49. The summed E-state index contributed by atoms with van der Waals surface area (Å²) in [5.41, 5.74) is -8.07. The molecule has 0 aromatic carbocycles. The molecule has 1 atom stereocenters. The second-order valence-electron chi connectivity index (χ2n) is 5.17. The maximum atomic E-state index is 12.7. The molecule has 12 heteroatoms. The lowest BCUT2D eigenvalue weighted by Gasteiger charge is -2.55. The number of rotatable bonds is 13. The average Bonchev–Trinajstić information content (AvgIpc) is 2.65. The molecule has 0 fully saturated rings. The molecular formula is C13H26O12. The maximum absolute atomic E-state index is 12.7. The van der Waals surface area contributed by atoms with Crippen molar-refractivity contribution in [3.63, 3.8) is 0 Å². The van der Waals surface area contributed by atoms with E-state index in [9.17, 15) is 35.4 Å². The van der Waals surface area contributed by atoms with Gasteiger partial charge in [0.2, 0.25) is 0 Å². The van der Waals surface area contributed by atoms with Crippen molar-refractivity contribution in [2.24, 2.45) is 5.41 Å². The van der Waals surface area contributed by atoms with Crippen molar-refractivity contribution in [3.8, 4) is 0 Å². The minimum atomic E-state index is -2.87. The molecule has 150 valence electrons. The lowest BCUT2D eigenvalue weighted by atomic mass is 9.58. The minimum Gasteiger partial charge on any atom is -0.468 e. The Morgan fingerprint density at radius 2 is 1.20 bits per heavy atom. The van der Waals surface area contributed by atoms with Gasteiger partial charge in [0.05, 0.1) is 46.2 Å². The molecule has 1 unspecified atom stereocenters. The van der Waals surface area contributed by atoms with Gasteiger partial charge in [0.25, 0.3) is 0 Å². The number of ether oxygens (including phenoxy) is 3. The van der Waals surface area contributed by atoms with E-state index in [4.69, 9.17) is 19.7 Å². The van der Waals surface area contributed by atoms with Crippen LogP contribution < -0.4 is 0 Å². The van der Waals surface area contributed by atoms with Crippen molar-refractivity contribution >= 4 is 5.97 Å². The van der Waals surface area contributed by atoms with E-state index in [1.165, 1.54) is 0 Å². The zero-order valence-electron chi connectivity index (χ0n) is 13.7.